The third-order valence-electron chi connectivity index (χ3n) is 4.64. The van der Waals surface area contributed by atoms with Gasteiger partial charge in [0.05, 0.1) is 5.69 Å². The number of hydrogen-bond donors (Lipinski definition) is 1. The molecule has 156 valence electrons. The van der Waals surface area contributed by atoms with Gasteiger partial charge in [-0.1, -0.05) is 18.2 Å². The zero-order valence-electron chi connectivity index (χ0n) is 15.2. The van der Waals surface area contributed by atoms with Crippen LogP contribution in [0.3, 0.4) is 0 Å². The predicted molar refractivity (Wildman–Crippen MR) is 102 cm³/mol. The molecule has 0 saturated heterocycles. The molecule has 0 radical (unpaired) electrons. The Morgan fingerprint density at radius 1 is 1.17 bits per heavy atom. The molecule has 0 aliphatic heterocycles. The Balaban J connectivity index is 1.66. The topological polar surface area (TPSA) is 54.9 Å². The number of halogens is 5. The van der Waals surface area contributed by atoms with Crippen molar-refractivity contribution in [1.82, 2.24) is 9.36 Å². The van der Waals surface area contributed by atoms with E-state index in [2.05, 4.69) is 14.7 Å². The second kappa shape index (κ2) is 7.75. The van der Waals surface area contributed by atoms with E-state index in [1.54, 1.807) is 6.07 Å². The van der Waals surface area contributed by atoms with Gasteiger partial charge in [-0.3, -0.25) is 9.78 Å². The van der Waals surface area contributed by atoms with Crippen molar-refractivity contribution in [3.05, 3.63) is 64.3 Å². The monoisotopic (exact) mass is 439 g/mol. The molecule has 1 fully saturated rings. The van der Waals surface area contributed by atoms with Crippen molar-refractivity contribution < 1.29 is 26.7 Å². The molecule has 4 nitrogen and oxygen atoms in total. The van der Waals surface area contributed by atoms with Gasteiger partial charge in [0.25, 0.3) is 12.3 Å². The molecule has 2 heterocycles. The van der Waals surface area contributed by atoms with Crippen LogP contribution in [0.25, 0.3) is 11.3 Å². The van der Waals surface area contributed by atoms with E-state index in [1.807, 2.05) is 0 Å². The minimum Gasteiger partial charge on any atom is -0.321 e. The molecule has 30 heavy (non-hydrogen) atoms. The molecule has 0 bridgehead atoms. The Hall–Kier alpha value is -2.88. The lowest BCUT2D eigenvalue weighted by Gasteiger charge is -2.10. The highest BCUT2D eigenvalue weighted by Gasteiger charge is 2.35. The van der Waals surface area contributed by atoms with Crippen LogP contribution >= 0.6 is 11.5 Å². The molecule has 3 aromatic rings. The lowest BCUT2D eigenvalue weighted by Crippen LogP contribution is -2.14. The number of amides is 1. The second-order valence-corrected chi connectivity index (χ2v) is 7.63. The van der Waals surface area contributed by atoms with Crippen LogP contribution < -0.4 is 5.32 Å². The second-order valence-electron chi connectivity index (χ2n) is 6.86. The Bertz CT molecular complexity index is 1090. The molecule has 0 unspecified atom stereocenters. The zero-order valence-corrected chi connectivity index (χ0v) is 16.0. The maximum Gasteiger partial charge on any atom is 0.433 e. The van der Waals surface area contributed by atoms with Gasteiger partial charge in [0, 0.05) is 28.6 Å². The van der Waals surface area contributed by atoms with Crippen LogP contribution in [-0.2, 0) is 6.18 Å². The molecule has 1 aromatic carbocycles. The number of nitrogens with one attached hydrogen (secondary N) is 1. The Labute approximate surface area is 171 Å². The first-order valence-corrected chi connectivity index (χ1v) is 9.74. The quantitative estimate of drug-likeness (QED) is 0.475. The first-order valence-electron chi connectivity index (χ1n) is 8.96. The molecule has 1 amide bonds. The van der Waals surface area contributed by atoms with Crippen LogP contribution in [-0.4, -0.2) is 15.3 Å². The number of rotatable bonds is 5. The summed E-state index contributed by atoms with van der Waals surface area (Å²) in [7, 11) is 0. The lowest BCUT2D eigenvalue weighted by atomic mass is 10.0. The van der Waals surface area contributed by atoms with E-state index in [-0.39, 0.29) is 22.0 Å². The molecule has 4 rings (SSSR count). The van der Waals surface area contributed by atoms with E-state index < -0.39 is 24.2 Å². The number of nitrogens with zero attached hydrogens (tertiary/aromatic N) is 2. The summed E-state index contributed by atoms with van der Waals surface area (Å²) in [5.41, 5.74) is 0.281. The first kappa shape index (κ1) is 20.4. The number of carbonyl (C=O) groups excluding carboxylic acids is 1. The summed E-state index contributed by atoms with van der Waals surface area (Å²) < 4.78 is 69.0. The van der Waals surface area contributed by atoms with Gasteiger partial charge in [0.2, 0.25) is 0 Å². The predicted octanol–water partition coefficient (Wildman–Crippen LogP) is 6.29. The highest BCUT2D eigenvalue weighted by molar-refractivity contribution is 7.08. The van der Waals surface area contributed by atoms with E-state index in [9.17, 15) is 26.7 Å². The van der Waals surface area contributed by atoms with Crippen LogP contribution in [0.2, 0.25) is 0 Å². The van der Waals surface area contributed by atoms with E-state index in [4.69, 9.17) is 0 Å². The van der Waals surface area contributed by atoms with Crippen molar-refractivity contribution >= 4 is 23.1 Å². The van der Waals surface area contributed by atoms with Gasteiger partial charge in [-0.05, 0) is 48.5 Å². The largest absolute Gasteiger partial charge is 0.433 e. The fraction of sp³-hybridized carbons (Fsp3) is 0.250. The van der Waals surface area contributed by atoms with Gasteiger partial charge in [0.1, 0.15) is 10.6 Å². The summed E-state index contributed by atoms with van der Waals surface area (Å²) in [6.07, 6.45) is -4.65. The summed E-state index contributed by atoms with van der Waals surface area (Å²) in [5.74, 6) is -0.525. The van der Waals surface area contributed by atoms with Crippen molar-refractivity contribution in [3.8, 4) is 11.3 Å². The molecule has 1 aliphatic carbocycles. The van der Waals surface area contributed by atoms with Crippen LogP contribution in [0.1, 0.15) is 51.7 Å². The first-order chi connectivity index (χ1) is 14.2. The van der Waals surface area contributed by atoms with E-state index in [1.165, 1.54) is 24.3 Å². The molecular weight excluding hydrogens is 425 g/mol. The number of pyridine rings is 1. The van der Waals surface area contributed by atoms with Gasteiger partial charge in [-0.15, -0.1) is 0 Å². The summed E-state index contributed by atoms with van der Waals surface area (Å²) in [5, 5.41) is 2.46. The molecule has 0 atom stereocenters. The van der Waals surface area contributed by atoms with Crippen molar-refractivity contribution in [1.29, 1.82) is 0 Å². The number of anilines is 1. The smallest absolute Gasteiger partial charge is 0.321 e. The van der Waals surface area contributed by atoms with E-state index in [0.29, 0.717) is 16.8 Å². The summed E-state index contributed by atoms with van der Waals surface area (Å²) in [4.78, 5) is 16.3. The van der Waals surface area contributed by atoms with E-state index in [0.717, 1.165) is 36.6 Å². The molecule has 1 N–H and O–H groups in total. The average Bonchev–Trinajstić information content (AvgIpc) is 3.45. The zero-order chi connectivity index (χ0) is 21.5. The maximum absolute atomic E-state index is 13.1. The number of benzene rings is 1. The van der Waals surface area contributed by atoms with E-state index >= 15 is 0 Å². The fourth-order valence-electron chi connectivity index (χ4n) is 3.09. The Morgan fingerprint density at radius 3 is 2.60 bits per heavy atom. The third-order valence-corrected chi connectivity index (χ3v) is 5.50. The van der Waals surface area contributed by atoms with Crippen molar-refractivity contribution in [2.75, 3.05) is 5.32 Å². The highest BCUT2D eigenvalue weighted by Crippen LogP contribution is 2.47. The van der Waals surface area contributed by atoms with Crippen LogP contribution in [0.5, 0.6) is 0 Å². The molecule has 0 spiro atoms. The summed E-state index contributed by atoms with van der Waals surface area (Å²) >= 11 is 0.903. The van der Waals surface area contributed by atoms with Crippen LogP contribution in [0.4, 0.5) is 27.6 Å². The van der Waals surface area contributed by atoms with Gasteiger partial charge in [-0.25, -0.2) is 8.78 Å². The standard InChI is InChI=1S/C20H14F5N3OS/c21-18(22)12-3-1-2-11(8-12)16-15(10-4-5-10)17(30-28-16)19(29)27-13-6-7-26-14(9-13)20(23,24)25/h1-3,6-10,18H,4-5H2,(H,26,27,29). The lowest BCUT2D eigenvalue weighted by molar-refractivity contribution is -0.141. The molecular formula is C20H14F5N3OS. The molecule has 1 aliphatic rings. The van der Waals surface area contributed by atoms with Gasteiger partial charge < -0.3 is 5.32 Å². The average molecular weight is 439 g/mol. The fourth-order valence-corrected chi connectivity index (χ4v) is 3.97. The van der Waals surface area contributed by atoms with Gasteiger partial charge >= 0.3 is 6.18 Å². The van der Waals surface area contributed by atoms with Crippen LogP contribution in [0.15, 0.2) is 42.6 Å². The number of carbonyl (C=O) groups is 1. The molecule has 2 aromatic heterocycles. The van der Waals surface area contributed by atoms with Crippen molar-refractivity contribution in [3.63, 3.8) is 0 Å². The normalized spacial score (nSPS) is 14.2. The minimum absolute atomic E-state index is 0.0429. The maximum atomic E-state index is 13.1. The Morgan fingerprint density at radius 2 is 1.93 bits per heavy atom. The SMILES string of the molecule is O=C(Nc1ccnc(C(F)(F)F)c1)c1snc(-c2cccc(C(F)F)c2)c1C1CC1. The van der Waals surface area contributed by atoms with Gasteiger partial charge in [0.15, 0.2) is 0 Å². The molecule has 10 heteroatoms. The van der Waals surface area contributed by atoms with Crippen LogP contribution in [0, 0.1) is 0 Å². The van der Waals surface area contributed by atoms with Gasteiger partial charge in [-0.2, -0.15) is 17.5 Å². The summed E-state index contributed by atoms with van der Waals surface area (Å²) in [6, 6.07) is 7.81. The third kappa shape index (κ3) is 4.18. The number of aromatic nitrogens is 2. The van der Waals surface area contributed by atoms with Crippen molar-refractivity contribution in [2.45, 2.75) is 31.4 Å². The highest BCUT2D eigenvalue weighted by atomic mass is 32.1. The summed E-state index contributed by atoms with van der Waals surface area (Å²) in [6.45, 7) is 0. The number of hydrogen-bond acceptors (Lipinski definition) is 4. The minimum atomic E-state index is -4.63. The molecule has 1 saturated carbocycles. The Kier molecular flexibility index (Phi) is 5.27. The van der Waals surface area contributed by atoms with Crippen molar-refractivity contribution in [2.24, 2.45) is 0 Å². The number of alkyl halides is 5.